The van der Waals surface area contributed by atoms with Crippen LogP contribution >= 0.6 is 11.6 Å². The molecule has 0 saturated carbocycles. The monoisotopic (exact) mass is 416 g/mol. The minimum atomic E-state index is -0.312. The molecule has 3 heterocycles. The number of nitrogens with zero attached hydrogens (tertiary/aromatic N) is 4. The second kappa shape index (κ2) is 8.14. The van der Waals surface area contributed by atoms with Gasteiger partial charge in [-0.15, -0.1) is 0 Å². The van der Waals surface area contributed by atoms with E-state index in [0.717, 1.165) is 30.3 Å². The predicted molar refractivity (Wildman–Crippen MR) is 115 cm³/mol. The summed E-state index contributed by atoms with van der Waals surface area (Å²) in [6.45, 7) is 4.42. The maximum atomic E-state index is 9.78. The molecule has 1 aromatic heterocycles. The number of anilines is 4. The van der Waals surface area contributed by atoms with E-state index in [1.807, 2.05) is 24.0 Å². The fourth-order valence-corrected chi connectivity index (χ4v) is 4.00. The number of aryl methyl sites for hydroxylation is 1. The van der Waals surface area contributed by atoms with Crippen LogP contribution in [0.2, 0.25) is 5.02 Å². The van der Waals surface area contributed by atoms with Gasteiger partial charge in [0.2, 0.25) is 0 Å². The molecule has 0 bridgehead atoms. The van der Waals surface area contributed by atoms with E-state index in [2.05, 4.69) is 20.2 Å². The highest BCUT2D eigenvalue weighted by molar-refractivity contribution is 6.33. The third kappa shape index (κ3) is 4.29. The van der Waals surface area contributed by atoms with Crippen LogP contribution in [0.1, 0.15) is 24.2 Å². The molecule has 2 fully saturated rings. The molecular weight excluding hydrogens is 392 g/mol. The maximum absolute atomic E-state index is 9.78. The first kappa shape index (κ1) is 19.9. The average Bonchev–Trinajstić information content (AvgIpc) is 2.67. The molecule has 2 aromatic rings. The summed E-state index contributed by atoms with van der Waals surface area (Å²) >= 11 is 6.49. The van der Waals surface area contributed by atoms with Gasteiger partial charge in [-0.25, -0.2) is 9.97 Å². The van der Waals surface area contributed by atoms with Crippen molar-refractivity contribution in [1.29, 1.82) is 5.41 Å². The molecule has 4 N–H and O–H groups in total. The molecule has 2 aliphatic heterocycles. The van der Waals surface area contributed by atoms with Crippen molar-refractivity contribution >= 4 is 40.8 Å². The van der Waals surface area contributed by atoms with Crippen molar-refractivity contribution in [1.82, 2.24) is 9.97 Å². The Morgan fingerprint density at radius 2 is 1.83 bits per heavy atom. The lowest BCUT2D eigenvalue weighted by atomic mass is 10.1. The zero-order valence-corrected chi connectivity index (χ0v) is 17.0. The molecule has 0 radical (unpaired) electrons. The Bertz CT molecular complexity index is 910. The summed E-state index contributed by atoms with van der Waals surface area (Å²) in [4.78, 5) is 13.1. The van der Waals surface area contributed by atoms with Crippen LogP contribution in [0, 0.1) is 12.3 Å². The van der Waals surface area contributed by atoms with Gasteiger partial charge in [0, 0.05) is 44.0 Å². The number of aliphatic hydroxyl groups excluding tert-OH is 2. The fraction of sp³-hybridized carbons (Fsp3) is 0.450. The zero-order chi connectivity index (χ0) is 20.5. The van der Waals surface area contributed by atoms with E-state index in [4.69, 9.17) is 17.0 Å². The molecule has 0 spiro atoms. The van der Waals surface area contributed by atoms with Gasteiger partial charge in [0.25, 0.3) is 0 Å². The molecule has 29 heavy (non-hydrogen) atoms. The van der Waals surface area contributed by atoms with Gasteiger partial charge < -0.3 is 30.7 Å². The second-order valence-electron chi connectivity index (χ2n) is 7.60. The topological polar surface area (TPSA) is 109 Å². The minimum Gasteiger partial charge on any atom is -0.393 e. The third-order valence-electron chi connectivity index (χ3n) is 5.35. The largest absolute Gasteiger partial charge is 0.393 e. The van der Waals surface area contributed by atoms with Crippen molar-refractivity contribution in [2.24, 2.45) is 0 Å². The van der Waals surface area contributed by atoms with Crippen molar-refractivity contribution < 1.29 is 10.2 Å². The van der Waals surface area contributed by atoms with Crippen LogP contribution in [0.3, 0.4) is 0 Å². The molecule has 2 aliphatic rings. The number of benzene rings is 1. The van der Waals surface area contributed by atoms with Crippen LogP contribution in [-0.2, 0) is 0 Å². The molecule has 1 aromatic carbocycles. The van der Waals surface area contributed by atoms with E-state index in [1.54, 1.807) is 6.07 Å². The lowest BCUT2D eigenvalue weighted by Crippen LogP contribution is -2.51. The molecule has 8 nitrogen and oxygen atoms in total. The number of halogens is 1. The summed E-state index contributed by atoms with van der Waals surface area (Å²) in [6, 6.07) is 5.56. The SMILES string of the molecule is Cc1nc(Nc2cc(N3CCC(O)CC3)c(Cl)cc2C=N)cc(N2CC(O)C2)n1. The molecule has 0 unspecified atom stereocenters. The number of hydrogen-bond donors (Lipinski definition) is 4. The smallest absolute Gasteiger partial charge is 0.136 e. The number of hydrogen-bond acceptors (Lipinski definition) is 8. The standard InChI is InChI=1S/C20H25ClN6O2/c1-12-23-19(8-20(24-12)27-10-15(29)11-27)25-17-7-18(16(21)6-13(17)9-22)26-4-2-14(28)3-5-26/h6-9,14-15,22,28-29H,2-5,10-11H2,1H3,(H,23,24,25). The van der Waals surface area contributed by atoms with Gasteiger partial charge in [-0.2, -0.15) is 0 Å². The van der Waals surface area contributed by atoms with Crippen LogP contribution in [-0.4, -0.2) is 64.8 Å². The predicted octanol–water partition coefficient (Wildman–Crippen LogP) is 2.32. The first-order valence-electron chi connectivity index (χ1n) is 9.75. The molecule has 2 saturated heterocycles. The van der Waals surface area contributed by atoms with Crippen molar-refractivity contribution in [2.45, 2.75) is 32.0 Å². The lowest BCUT2D eigenvalue weighted by molar-refractivity contribution is 0.141. The lowest BCUT2D eigenvalue weighted by Gasteiger charge is -2.37. The number of β-amino-alcohol motifs (C(OH)–C–C–N with tert-alkyl or cyclic N) is 1. The van der Waals surface area contributed by atoms with Gasteiger partial charge in [0.05, 0.1) is 28.6 Å². The highest BCUT2D eigenvalue weighted by atomic mass is 35.5. The molecule has 0 aliphatic carbocycles. The van der Waals surface area contributed by atoms with Crippen molar-refractivity contribution in [3.05, 3.63) is 34.6 Å². The number of nitrogens with one attached hydrogen (secondary N) is 2. The zero-order valence-electron chi connectivity index (χ0n) is 16.3. The Kier molecular flexibility index (Phi) is 5.58. The van der Waals surface area contributed by atoms with Gasteiger partial charge in [0.15, 0.2) is 0 Å². The average molecular weight is 417 g/mol. The molecule has 0 amide bonds. The van der Waals surface area contributed by atoms with E-state index in [1.165, 1.54) is 6.21 Å². The summed E-state index contributed by atoms with van der Waals surface area (Å²) in [5.41, 5.74) is 2.27. The number of piperidine rings is 1. The molecule has 4 rings (SSSR count). The Balaban J connectivity index is 1.62. The van der Waals surface area contributed by atoms with E-state index in [-0.39, 0.29) is 12.2 Å². The molecule has 154 valence electrons. The molecule has 0 atom stereocenters. The number of aliphatic hydroxyl groups is 2. The highest BCUT2D eigenvalue weighted by Gasteiger charge is 2.26. The Morgan fingerprint density at radius 1 is 1.10 bits per heavy atom. The van der Waals surface area contributed by atoms with Gasteiger partial charge in [-0.3, -0.25) is 0 Å². The maximum Gasteiger partial charge on any atom is 0.136 e. The van der Waals surface area contributed by atoms with E-state index >= 15 is 0 Å². The van der Waals surface area contributed by atoms with E-state index in [9.17, 15) is 10.2 Å². The summed E-state index contributed by atoms with van der Waals surface area (Å²) in [5.74, 6) is 2.02. The van der Waals surface area contributed by atoms with Crippen LogP contribution in [0.5, 0.6) is 0 Å². The highest BCUT2D eigenvalue weighted by Crippen LogP contribution is 2.35. The van der Waals surface area contributed by atoms with E-state index < -0.39 is 0 Å². The van der Waals surface area contributed by atoms with Crippen LogP contribution < -0.4 is 15.1 Å². The molecule has 9 heteroatoms. The first-order valence-corrected chi connectivity index (χ1v) is 10.1. The number of rotatable bonds is 5. The summed E-state index contributed by atoms with van der Waals surface area (Å²) in [6.07, 6.45) is 2.11. The van der Waals surface area contributed by atoms with Crippen LogP contribution in [0.4, 0.5) is 23.0 Å². The Labute approximate surface area is 174 Å². The Hall–Kier alpha value is -2.42. The molecular formula is C20H25ClN6O2. The van der Waals surface area contributed by atoms with Crippen LogP contribution in [0.25, 0.3) is 0 Å². The second-order valence-corrected chi connectivity index (χ2v) is 8.00. The van der Waals surface area contributed by atoms with Gasteiger partial charge in [-0.1, -0.05) is 11.6 Å². The van der Waals surface area contributed by atoms with Crippen molar-refractivity contribution in [3.63, 3.8) is 0 Å². The third-order valence-corrected chi connectivity index (χ3v) is 5.66. The number of aromatic nitrogens is 2. The first-order chi connectivity index (χ1) is 13.9. The summed E-state index contributed by atoms with van der Waals surface area (Å²) in [5, 5.41) is 31.0. The minimum absolute atomic E-state index is 0.258. The van der Waals surface area contributed by atoms with Gasteiger partial charge in [-0.05, 0) is 31.9 Å². The van der Waals surface area contributed by atoms with E-state index in [0.29, 0.717) is 48.2 Å². The normalized spacial score (nSPS) is 17.9. The fourth-order valence-electron chi connectivity index (χ4n) is 3.71. The summed E-state index contributed by atoms with van der Waals surface area (Å²) in [7, 11) is 0. The Morgan fingerprint density at radius 3 is 2.48 bits per heavy atom. The summed E-state index contributed by atoms with van der Waals surface area (Å²) < 4.78 is 0. The van der Waals surface area contributed by atoms with Gasteiger partial charge in [0.1, 0.15) is 17.5 Å². The van der Waals surface area contributed by atoms with Gasteiger partial charge >= 0.3 is 0 Å². The van der Waals surface area contributed by atoms with Crippen LogP contribution in [0.15, 0.2) is 18.2 Å². The quantitative estimate of drug-likeness (QED) is 0.554. The van der Waals surface area contributed by atoms with Crippen molar-refractivity contribution in [2.75, 3.05) is 41.3 Å². The van der Waals surface area contributed by atoms with Crippen molar-refractivity contribution in [3.8, 4) is 0 Å².